The first-order chi connectivity index (χ1) is 7.31. The van der Waals surface area contributed by atoms with Crippen LogP contribution < -0.4 is 0 Å². The van der Waals surface area contributed by atoms with Gasteiger partial charge in [0.15, 0.2) is 6.29 Å². The summed E-state index contributed by atoms with van der Waals surface area (Å²) in [4.78, 5) is 10.9. The summed E-state index contributed by atoms with van der Waals surface area (Å²) < 4.78 is 0. The van der Waals surface area contributed by atoms with Crippen LogP contribution in [0.25, 0.3) is 11.1 Å². The third-order valence-electron chi connectivity index (χ3n) is 2.42. The van der Waals surface area contributed by atoms with Crippen LogP contribution >= 0.6 is 0 Å². The lowest BCUT2D eigenvalue weighted by Gasteiger charge is -2.05. The maximum Gasteiger partial charge on any atom is 0.150 e. The van der Waals surface area contributed by atoms with E-state index in [-0.39, 0.29) is 0 Å². The van der Waals surface area contributed by atoms with Gasteiger partial charge in [0.2, 0.25) is 0 Å². The lowest BCUT2D eigenvalue weighted by atomic mass is 9.98. The molecule has 74 valence electrons. The maximum absolute atomic E-state index is 10.9. The van der Waals surface area contributed by atoms with Crippen molar-refractivity contribution in [3.05, 3.63) is 59.7 Å². The van der Waals surface area contributed by atoms with E-state index in [2.05, 4.69) is 0 Å². The third-order valence-corrected chi connectivity index (χ3v) is 2.42. The van der Waals surface area contributed by atoms with Crippen molar-refractivity contribution >= 4 is 6.29 Å². The molecule has 2 rings (SSSR count). The van der Waals surface area contributed by atoms with E-state index in [0.717, 1.165) is 23.0 Å². The summed E-state index contributed by atoms with van der Waals surface area (Å²) >= 11 is 0. The monoisotopic (exact) mass is 196 g/mol. The molecular formula is C14H12O. The van der Waals surface area contributed by atoms with Gasteiger partial charge in [-0.25, -0.2) is 0 Å². The molecule has 1 nitrogen and oxygen atoms in total. The van der Waals surface area contributed by atoms with Crippen LogP contribution in [-0.2, 0) is 0 Å². The molecule has 0 aliphatic carbocycles. The lowest BCUT2D eigenvalue weighted by Crippen LogP contribution is -1.88. The van der Waals surface area contributed by atoms with Crippen molar-refractivity contribution in [2.45, 2.75) is 6.92 Å². The Morgan fingerprint density at radius 1 is 1.00 bits per heavy atom. The normalized spacial score (nSPS) is 9.93. The first-order valence-corrected chi connectivity index (χ1v) is 4.92. The Morgan fingerprint density at radius 2 is 1.73 bits per heavy atom. The summed E-state index contributed by atoms with van der Waals surface area (Å²) in [6.07, 6.45) is 0.905. The molecule has 1 heteroatoms. The zero-order chi connectivity index (χ0) is 10.7. The van der Waals surface area contributed by atoms with Crippen LogP contribution in [0.15, 0.2) is 48.5 Å². The van der Waals surface area contributed by atoms with Crippen molar-refractivity contribution in [2.75, 3.05) is 0 Å². The van der Waals surface area contributed by atoms with Crippen molar-refractivity contribution in [3.63, 3.8) is 0 Å². The number of carbonyl (C=O) groups is 1. The fraction of sp³-hybridized carbons (Fsp3) is 0.0714. The molecule has 0 N–H and O–H groups in total. The first-order valence-electron chi connectivity index (χ1n) is 4.92. The quantitative estimate of drug-likeness (QED) is 0.672. The highest BCUT2D eigenvalue weighted by atomic mass is 16.1. The molecule has 2 aromatic rings. The Kier molecular flexibility index (Phi) is 2.64. The van der Waals surface area contributed by atoms with E-state index < -0.39 is 0 Å². The predicted molar refractivity (Wildman–Crippen MR) is 62.0 cm³/mol. The van der Waals surface area contributed by atoms with Gasteiger partial charge in [-0.3, -0.25) is 4.79 Å². The van der Waals surface area contributed by atoms with Crippen LogP contribution in [0.1, 0.15) is 15.9 Å². The third kappa shape index (κ3) is 1.96. The van der Waals surface area contributed by atoms with E-state index in [1.807, 2.05) is 55.5 Å². The highest BCUT2D eigenvalue weighted by Gasteiger charge is 2.03. The Labute approximate surface area is 89.4 Å². The molecule has 0 bridgehead atoms. The van der Waals surface area contributed by atoms with Gasteiger partial charge in [0.25, 0.3) is 0 Å². The van der Waals surface area contributed by atoms with Gasteiger partial charge < -0.3 is 0 Å². The first kappa shape index (κ1) is 9.66. The van der Waals surface area contributed by atoms with Crippen LogP contribution in [-0.4, -0.2) is 6.29 Å². The molecule has 15 heavy (non-hydrogen) atoms. The van der Waals surface area contributed by atoms with Gasteiger partial charge in [-0.2, -0.15) is 0 Å². The van der Waals surface area contributed by atoms with Gasteiger partial charge in [-0.15, -0.1) is 0 Å². The Morgan fingerprint density at radius 3 is 2.40 bits per heavy atom. The van der Waals surface area contributed by atoms with Crippen molar-refractivity contribution in [3.8, 4) is 11.1 Å². The fourth-order valence-corrected chi connectivity index (χ4v) is 1.64. The van der Waals surface area contributed by atoms with E-state index in [1.54, 1.807) is 0 Å². The lowest BCUT2D eigenvalue weighted by molar-refractivity contribution is 0.112. The smallest absolute Gasteiger partial charge is 0.150 e. The number of hydrogen-bond donors (Lipinski definition) is 0. The molecule has 0 aliphatic rings. The highest BCUT2D eigenvalue weighted by Crippen LogP contribution is 2.23. The molecule has 0 aromatic heterocycles. The number of aryl methyl sites for hydroxylation is 1. The molecule has 0 radical (unpaired) electrons. The minimum Gasteiger partial charge on any atom is -0.298 e. The van der Waals surface area contributed by atoms with Crippen molar-refractivity contribution in [1.82, 2.24) is 0 Å². The minimum atomic E-state index is 0.742. The molecule has 0 fully saturated rings. The van der Waals surface area contributed by atoms with Crippen LogP contribution in [0, 0.1) is 6.92 Å². The molecule has 0 aliphatic heterocycles. The highest BCUT2D eigenvalue weighted by molar-refractivity contribution is 5.87. The molecule has 0 unspecified atom stereocenters. The number of carbonyl (C=O) groups excluding carboxylic acids is 1. The maximum atomic E-state index is 10.9. The molecule has 0 atom stereocenters. The number of aldehydes is 1. The van der Waals surface area contributed by atoms with Crippen LogP contribution in [0.4, 0.5) is 0 Å². The Hall–Kier alpha value is -1.89. The van der Waals surface area contributed by atoms with Crippen LogP contribution in [0.3, 0.4) is 0 Å². The summed E-state index contributed by atoms with van der Waals surface area (Å²) in [6, 6.07) is 15.8. The van der Waals surface area contributed by atoms with E-state index in [4.69, 9.17) is 0 Å². The molecule has 0 saturated heterocycles. The molecular weight excluding hydrogens is 184 g/mol. The van der Waals surface area contributed by atoms with Gasteiger partial charge in [-0.05, 0) is 18.1 Å². The van der Waals surface area contributed by atoms with Gasteiger partial charge in [0.05, 0.1) is 0 Å². The van der Waals surface area contributed by atoms with Crippen molar-refractivity contribution in [1.29, 1.82) is 0 Å². The fourth-order valence-electron chi connectivity index (χ4n) is 1.64. The van der Waals surface area contributed by atoms with Gasteiger partial charge in [0, 0.05) is 5.56 Å². The largest absolute Gasteiger partial charge is 0.298 e. The van der Waals surface area contributed by atoms with Crippen molar-refractivity contribution in [2.24, 2.45) is 0 Å². The number of rotatable bonds is 2. The molecule has 2 aromatic carbocycles. The standard InChI is InChI=1S/C14H12O/c1-11-7-8-13(10-15)14(9-11)12-5-3-2-4-6-12/h2-10H,1H3. The minimum absolute atomic E-state index is 0.742. The summed E-state index contributed by atoms with van der Waals surface area (Å²) in [7, 11) is 0. The van der Waals surface area contributed by atoms with Crippen LogP contribution in [0.2, 0.25) is 0 Å². The van der Waals surface area contributed by atoms with Crippen LogP contribution in [0.5, 0.6) is 0 Å². The van der Waals surface area contributed by atoms with E-state index in [0.29, 0.717) is 0 Å². The van der Waals surface area contributed by atoms with Gasteiger partial charge in [-0.1, -0.05) is 54.1 Å². The average molecular weight is 196 g/mol. The zero-order valence-corrected chi connectivity index (χ0v) is 8.60. The van der Waals surface area contributed by atoms with Gasteiger partial charge in [0.1, 0.15) is 0 Å². The summed E-state index contributed by atoms with van der Waals surface area (Å²) in [5.41, 5.74) is 4.00. The molecule has 0 spiro atoms. The molecule has 0 saturated carbocycles. The zero-order valence-electron chi connectivity index (χ0n) is 8.60. The molecule has 0 amide bonds. The predicted octanol–water partition coefficient (Wildman–Crippen LogP) is 3.47. The van der Waals surface area contributed by atoms with E-state index in [1.165, 1.54) is 5.56 Å². The summed E-state index contributed by atoms with van der Waals surface area (Å²) in [5, 5.41) is 0. The molecule has 0 heterocycles. The summed E-state index contributed by atoms with van der Waals surface area (Å²) in [6.45, 7) is 2.03. The van der Waals surface area contributed by atoms with E-state index in [9.17, 15) is 4.79 Å². The SMILES string of the molecule is Cc1ccc(C=O)c(-c2ccccc2)c1. The summed E-state index contributed by atoms with van der Waals surface area (Å²) in [5.74, 6) is 0. The number of hydrogen-bond acceptors (Lipinski definition) is 1. The second kappa shape index (κ2) is 4.09. The Balaban J connectivity index is 2.61. The second-order valence-corrected chi connectivity index (χ2v) is 3.57. The van der Waals surface area contributed by atoms with Gasteiger partial charge >= 0.3 is 0 Å². The van der Waals surface area contributed by atoms with Crippen molar-refractivity contribution < 1.29 is 4.79 Å². The Bertz CT molecular complexity index is 472. The van der Waals surface area contributed by atoms with E-state index >= 15 is 0 Å². The number of benzene rings is 2. The topological polar surface area (TPSA) is 17.1 Å². The average Bonchev–Trinajstić information content (AvgIpc) is 2.30. The second-order valence-electron chi connectivity index (χ2n) is 3.57.